The summed E-state index contributed by atoms with van der Waals surface area (Å²) in [6.07, 6.45) is 39.2. The van der Waals surface area contributed by atoms with Crippen LogP contribution in [0.3, 0.4) is 0 Å². The first-order valence-corrected chi connectivity index (χ1v) is 32.7. The minimum absolute atomic E-state index is 0. The van der Waals surface area contributed by atoms with Crippen molar-refractivity contribution in [2.45, 2.75) is 272 Å². The lowest BCUT2D eigenvalue weighted by Crippen LogP contribution is -3.00. The zero-order valence-electron chi connectivity index (χ0n) is 56.2. The Balaban J connectivity index is -0.000000263. The number of nitrogens with zero attached hydrogens (tertiary/aromatic N) is 2. The lowest BCUT2D eigenvalue weighted by atomic mass is 10.0. The SMILES string of the molecule is C.C.C=CC(=O)OC(CCCCC)C(O)C/C=C/CC(=O)NCC[N+](C)(C)CCC.C=CC(=O)OC(CCCCC)C(O)C/C=C/CC(N)=O.CCCCCC1OC1C/C=C/CC(=O)NCC[N+](C)(C)CCC.CCCCCC1OC1C/C=C/CC(N)=O.[I-].[I-]. The van der Waals surface area contributed by atoms with Gasteiger partial charge in [-0.2, -0.15) is 0 Å². The molecule has 0 aliphatic carbocycles. The number of epoxide rings is 2. The fourth-order valence-electron chi connectivity index (χ4n) is 9.31. The Morgan fingerprint density at radius 1 is 0.478 bits per heavy atom. The van der Waals surface area contributed by atoms with Crippen molar-refractivity contribution in [3.8, 4) is 0 Å². The summed E-state index contributed by atoms with van der Waals surface area (Å²) in [5.41, 5.74) is 10.0. The molecule has 2 fully saturated rings. The summed E-state index contributed by atoms with van der Waals surface area (Å²) in [6, 6.07) is 0. The number of aliphatic hydroxyl groups is 2. The van der Waals surface area contributed by atoms with Gasteiger partial charge in [-0.3, -0.25) is 19.2 Å². The summed E-state index contributed by atoms with van der Waals surface area (Å²) < 4.78 is 23.4. The van der Waals surface area contributed by atoms with Crippen molar-refractivity contribution in [2.24, 2.45) is 11.5 Å². The van der Waals surface area contributed by atoms with Crippen LogP contribution >= 0.6 is 0 Å². The molecule has 4 amide bonds. The molecule has 0 radical (unpaired) electrons. The number of ether oxygens (including phenoxy) is 4. The van der Waals surface area contributed by atoms with Gasteiger partial charge in [0.1, 0.15) is 12.2 Å². The number of hydrogen-bond donors (Lipinski definition) is 6. The highest BCUT2D eigenvalue weighted by atomic mass is 127. The minimum Gasteiger partial charge on any atom is -1.00 e. The second-order valence-corrected chi connectivity index (χ2v) is 23.9. The van der Waals surface area contributed by atoms with Crippen LogP contribution in [0.1, 0.15) is 223 Å². The first-order valence-electron chi connectivity index (χ1n) is 32.7. The van der Waals surface area contributed by atoms with Gasteiger partial charge in [0, 0.05) is 37.8 Å². The fraction of sp³-hybridized carbons (Fsp3) is 0.743. The number of carbonyl (C=O) groups excluding carboxylic acids is 6. The highest BCUT2D eigenvalue weighted by Crippen LogP contribution is 2.31. The Morgan fingerprint density at radius 2 is 0.800 bits per heavy atom. The van der Waals surface area contributed by atoms with Crippen LogP contribution in [0.4, 0.5) is 0 Å². The molecule has 0 aromatic heterocycles. The van der Waals surface area contributed by atoms with Crippen molar-refractivity contribution in [2.75, 3.05) is 67.5 Å². The van der Waals surface area contributed by atoms with Gasteiger partial charge in [0.15, 0.2) is 0 Å². The zero-order valence-corrected chi connectivity index (χ0v) is 60.5. The molecular formula is C70H132I2N6O12. The Morgan fingerprint density at radius 3 is 1.12 bits per heavy atom. The second-order valence-electron chi connectivity index (χ2n) is 23.9. The van der Waals surface area contributed by atoms with Crippen LogP contribution in [0.5, 0.6) is 0 Å². The van der Waals surface area contributed by atoms with Crippen molar-refractivity contribution in [3.63, 3.8) is 0 Å². The number of amides is 4. The lowest BCUT2D eigenvalue weighted by molar-refractivity contribution is -0.889. The van der Waals surface area contributed by atoms with Gasteiger partial charge in [0.2, 0.25) is 23.6 Å². The van der Waals surface area contributed by atoms with Crippen LogP contribution in [0.15, 0.2) is 73.9 Å². The molecule has 0 spiro atoms. The van der Waals surface area contributed by atoms with Crippen LogP contribution in [0.25, 0.3) is 0 Å². The average molecular weight is 1500 g/mol. The molecule has 8 atom stereocenters. The number of hydrogen-bond acceptors (Lipinski definition) is 12. The molecule has 2 aliphatic heterocycles. The van der Waals surface area contributed by atoms with E-state index >= 15 is 0 Å². The third-order valence-electron chi connectivity index (χ3n) is 14.6. The third kappa shape index (κ3) is 60.7. The molecule has 0 bridgehead atoms. The summed E-state index contributed by atoms with van der Waals surface area (Å²) in [7, 11) is 8.74. The summed E-state index contributed by atoms with van der Waals surface area (Å²) in [5.74, 6) is -1.66. The second kappa shape index (κ2) is 62.9. The monoisotopic (exact) mass is 1500 g/mol. The van der Waals surface area contributed by atoms with Gasteiger partial charge in [-0.05, 0) is 77.0 Å². The lowest BCUT2D eigenvalue weighted by Gasteiger charge is -2.29. The number of nitrogens with one attached hydrogen (secondary N) is 2. The van der Waals surface area contributed by atoms with Crippen molar-refractivity contribution < 1.29 is 115 Å². The van der Waals surface area contributed by atoms with Crippen LogP contribution < -0.4 is 70.1 Å². The van der Waals surface area contributed by atoms with Gasteiger partial charge < -0.3 is 108 Å². The van der Waals surface area contributed by atoms with E-state index in [9.17, 15) is 39.0 Å². The molecule has 2 saturated heterocycles. The van der Waals surface area contributed by atoms with E-state index in [-0.39, 0.29) is 93.4 Å². The number of primary amides is 2. The number of quaternary nitrogens is 2. The van der Waals surface area contributed by atoms with Crippen LogP contribution in [-0.4, -0.2) is 171 Å². The third-order valence-corrected chi connectivity index (χ3v) is 14.6. The van der Waals surface area contributed by atoms with E-state index in [4.69, 9.17) is 30.4 Å². The van der Waals surface area contributed by atoms with E-state index in [0.717, 1.165) is 112 Å². The van der Waals surface area contributed by atoms with Crippen molar-refractivity contribution in [1.29, 1.82) is 0 Å². The molecule has 0 aromatic rings. The average Bonchev–Trinajstić information content (AvgIpc) is 2.64. The number of esters is 2. The van der Waals surface area contributed by atoms with Crippen molar-refractivity contribution in [1.82, 2.24) is 10.6 Å². The van der Waals surface area contributed by atoms with Crippen LogP contribution in [0.2, 0.25) is 0 Å². The summed E-state index contributed by atoms with van der Waals surface area (Å²) in [5, 5.41) is 26.3. The van der Waals surface area contributed by atoms with Crippen molar-refractivity contribution >= 4 is 35.6 Å². The summed E-state index contributed by atoms with van der Waals surface area (Å²) in [4.78, 5) is 67.4. The highest BCUT2D eigenvalue weighted by Gasteiger charge is 2.37. The van der Waals surface area contributed by atoms with E-state index in [1.54, 1.807) is 24.3 Å². The molecule has 2 rings (SSSR count). The number of likely N-dealkylation sites (N-methyl/N-ethyl adjacent to an activating group) is 2. The number of rotatable bonds is 48. The zero-order chi connectivity index (χ0) is 65.0. The molecule has 2 heterocycles. The van der Waals surface area contributed by atoms with E-state index in [2.05, 4.69) is 99.6 Å². The number of carbonyl (C=O) groups is 6. The standard InChI is InChI=1S/C22H40N2O4.C19H36N2O2.C15H25NO4.C12H21NO2.2CH4.2HI/c1-6-9-10-14-20(28-22(27)8-3)19(25)13-11-12-15-21(26)23-16-18-24(4,5)17-7-2;1-5-7-8-11-17-18(23-17)12-9-10-13-19(22)20-14-16-21(3,4)15-6-2;1-3-5-6-10-13(20-15(19)4-2)12(17)9-7-8-11-14(16)18;1-2-3-4-7-10-11(15-10)8-5-6-9-12(13)14;;;;/h8,11-12,19-20,25H,3,6-7,9-10,13-18H2,1-2,4-5H3;9-10,17-18H,5-8,11-16H2,1-4H3;4,7-8,12-13,17H,2-3,5-6,9-11H2,1H3,(H2,16,18);5-6,10-11H,2-4,7-9H2,1H3,(H2,13,14);2*1H4;2*1H/b12-11+;10-9+;8-7+;6-5+;;;;. The molecule has 8 unspecified atom stereocenters. The van der Waals surface area contributed by atoms with Crippen LogP contribution in [-0.2, 0) is 47.7 Å². The van der Waals surface area contributed by atoms with Gasteiger partial charge in [0.05, 0.1) is 104 Å². The molecule has 0 saturated carbocycles. The maximum atomic E-state index is 11.9. The number of nitrogens with two attached hydrogens (primary N) is 2. The van der Waals surface area contributed by atoms with E-state index in [0.29, 0.717) is 69.5 Å². The van der Waals surface area contributed by atoms with E-state index in [1.165, 1.54) is 57.8 Å². The predicted molar refractivity (Wildman–Crippen MR) is 362 cm³/mol. The highest BCUT2D eigenvalue weighted by molar-refractivity contribution is 5.82. The quantitative estimate of drug-likeness (QED) is 0.00837. The molecule has 0 aromatic carbocycles. The number of halogens is 2. The van der Waals surface area contributed by atoms with Gasteiger partial charge >= 0.3 is 11.9 Å². The topological polar surface area (TPSA) is 262 Å². The Hall–Kier alpha value is -3.52. The molecular weight excluding hydrogens is 1370 g/mol. The maximum absolute atomic E-state index is 11.9. The Kier molecular flexibility index (Phi) is 68.2. The molecule has 20 heteroatoms. The van der Waals surface area contributed by atoms with E-state index in [1.807, 2.05) is 18.2 Å². The predicted octanol–water partition coefficient (Wildman–Crippen LogP) is 5.52. The van der Waals surface area contributed by atoms with Gasteiger partial charge in [-0.15, -0.1) is 0 Å². The Bertz CT molecular complexity index is 1970. The molecule has 18 nitrogen and oxygen atoms in total. The fourth-order valence-corrected chi connectivity index (χ4v) is 9.31. The summed E-state index contributed by atoms with van der Waals surface area (Å²) in [6.45, 7) is 25.2. The van der Waals surface area contributed by atoms with Gasteiger partial charge in [-0.25, -0.2) is 9.59 Å². The largest absolute Gasteiger partial charge is 1.00 e. The van der Waals surface area contributed by atoms with Gasteiger partial charge in [-0.1, -0.05) is 182 Å². The first kappa shape index (κ1) is 97.6. The van der Waals surface area contributed by atoms with Crippen LogP contribution in [0, 0.1) is 0 Å². The smallest absolute Gasteiger partial charge is 0.330 e. The summed E-state index contributed by atoms with van der Waals surface area (Å²) >= 11 is 0. The molecule has 528 valence electrons. The van der Waals surface area contributed by atoms with Crippen molar-refractivity contribution in [3.05, 3.63) is 73.9 Å². The Labute approximate surface area is 582 Å². The number of unbranched alkanes of at least 4 members (excludes halogenated alkanes) is 8. The normalized spacial score (nSPS) is 16.8. The van der Waals surface area contributed by atoms with Gasteiger partial charge in [0.25, 0.3) is 0 Å². The maximum Gasteiger partial charge on any atom is 0.330 e. The minimum atomic E-state index is -0.792. The van der Waals surface area contributed by atoms with E-state index < -0.39 is 42.3 Å². The molecule has 2 aliphatic rings. The molecule has 8 N–H and O–H groups in total. The number of aliphatic hydroxyl groups excluding tert-OH is 2. The first-order chi connectivity index (χ1) is 41.0. The molecule has 90 heavy (non-hydrogen) atoms.